The molecule has 5 heteroatoms. The van der Waals surface area contributed by atoms with E-state index in [-0.39, 0.29) is 0 Å². The van der Waals surface area contributed by atoms with Crippen molar-refractivity contribution in [1.82, 2.24) is 10.5 Å². The van der Waals surface area contributed by atoms with Gasteiger partial charge in [-0.3, -0.25) is 0 Å². The lowest BCUT2D eigenvalue weighted by molar-refractivity contribution is 0.155. The molecule has 0 amide bonds. The summed E-state index contributed by atoms with van der Waals surface area (Å²) in [5.74, 6) is 1.57. The molecular formula is C16H22N2O3. The zero-order valence-corrected chi connectivity index (χ0v) is 12.8. The van der Waals surface area contributed by atoms with Gasteiger partial charge in [0.2, 0.25) is 0 Å². The summed E-state index contributed by atoms with van der Waals surface area (Å²) in [6.45, 7) is 6.69. The zero-order chi connectivity index (χ0) is 15.1. The normalized spacial score (nSPS) is 10.8. The molecule has 0 radical (unpaired) electrons. The minimum atomic E-state index is 0.384. The van der Waals surface area contributed by atoms with Gasteiger partial charge in [-0.25, -0.2) is 0 Å². The lowest BCUT2D eigenvalue weighted by Crippen LogP contribution is -2.13. The number of ether oxygens (including phenoxy) is 2. The summed E-state index contributed by atoms with van der Waals surface area (Å²) in [7, 11) is 1.62. The lowest BCUT2D eigenvalue weighted by atomic mass is 10.1. The van der Waals surface area contributed by atoms with E-state index >= 15 is 0 Å². The van der Waals surface area contributed by atoms with Crippen LogP contribution < -0.4 is 10.1 Å². The highest BCUT2D eigenvalue weighted by Gasteiger charge is 2.07. The lowest BCUT2D eigenvalue weighted by Gasteiger charge is -2.11. The monoisotopic (exact) mass is 290 g/mol. The molecule has 0 aliphatic carbocycles. The van der Waals surface area contributed by atoms with E-state index in [0.717, 1.165) is 30.1 Å². The van der Waals surface area contributed by atoms with E-state index in [1.807, 2.05) is 18.2 Å². The second-order valence-electron chi connectivity index (χ2n) is 4.90. The van der Waals surface area contributed by atoms with E-state index < -0.39 is 0 Å². The minimum Gasteiger partial charge on any atom is -0.487 e. The number of methoxy groups -OCH3 is 1. The van der Waals surface area contributed by atoms with Crippen LogP contribution in [-0.4, -0.2) is 18.8 Å². The minimum absolute atomic E-state index is 0.384. The topological polar surface area (TPSA) is 56.5 Å². The smallest absolute Gasteiger partial charge is 0.162 e. The third kappa shape index (κ3) is 4.58. The Morgan fingerprint density at radius 1 is 1.24 bits per heavy atom. The molecule has 1 N–H and O–H groups in total. The first-order valence-corrected chi connectivity index (χ1v) is 7.09. The molecule has 21 heavy (non-hydrogen) atoms. The van der Waals surface area contributed by atoms with Crippen LogP contribution in [0.25, 0.3) is 0 Å². The Labute approximate surface area is 125 Å². The van der Waals surface area contributed by atoms with Crippen LogP contribution in [0.3, 0.4) is 0 Å². The van der Waals surface area contributed by atoms with Crippen molar-refractivity contribution < 1.29 is 14.0 Å². The molecule has 0 bridgehead atoms. The van der Waals surface area contributed by atoms with Gasteiger partial charge in [0.05, 0.1) is 0 Å². The zero-order valence-electron chi connectivity index (χ0n) is 12.8. The van der Waals surface area contributed by atoms with Crippen LogP contribution in [0, 0.1) is 6.92 Å². The molecule has 1 heterocycles. The molecule has 2 rings (SSSR count). The molecule has 0 atom stereocenters. The number of nitrogens with one attached hydrogen (secondary N) is 1. The second kappa shape index (κ2) is 7.81. The van der Waals surface area contributed by atoms with Gasteiger partial charge in [0.15, 0.2) is 5.76 Å². The third-order valence-electron chi connectivity index (χ3n) is 3.05. The number of aryl methyl sites for hydroxylation is 1. The largest absolute Gasteiger partial charge is 0.487 e. The fraction of sp³-hybridized carbons (Fsp3) is 0.438. The SMILES string of the molecule is CCNCc1cc(C)ccc1OCc1cc(COC)on1. The van der Waals surface area contributed by atoms with E-state index in [0.29, 0.717) is 19.0 Å². The summed E-state index contributed by atoms with van der Waals surface area (Å²) in [5, 5.41) is 7.28. The molecule has 0 fully saturated rings. The van der Waals surface area contributed by atoms with Crippen LogP contribution in [0.4, 0.5) is 0 Å². The molecule has 0 saturated heterocycles. The first-order chi connectivity index (χ1) is 10.2. The van der Waals surface area contributed by atoms with Crippen LogP contribution in [0.1, 0.15) is 29.5 Å². The standard InChI is InChI=1S/C16H22N2O3/c1-4-17-9-13-7-12(2)5-6-16(13)20-10-14-8-15(11-19-3)21-18-14/h5-8,17H,4,9-11H2,1-3H3. The summed E-state index contributed by atoms with van der Waals surface area (Å²) in [4.78, 5) is 0. The predicted molar refractivity (Wildman–Crippen MR) is 80.1 cm³/mol. The van der Waals surface area contributed by atoms with Gasteiger partial charge in [0, 0.05) is 25.3 Å². The van der Waals surface area contributed by atoms with Crippen molar-refractivity contribution in [2.24, 2.45) is 0 Å². The number of hydrogen-bond acceptors (Lipinski definition) is 5. The number of rotatable bonds is 8. The third-order valence-corrected chi connectivity index (χ3v) is 3.05. The molecule has 1 aromatic heterocycles. The number of benzene rings is 1. The van der Waals surface area contributed by atoms with Crippen LogP contribution >= 0.6 is 0 Å². The molecule has 0 spiro atoms. The first kappa shape index (κ1) is 15.5. The summed E-state index contributed by atoms with van der Waals surface area (Å²) < 4.78 is 16.0. The maximum Gasteiger partial charge on any atom is 0.162 e. The molecule has 0 unspecified atom stereocenters. The Morgan fingerprint density at radius 2 is 2.10 bits per heavy atom. The quantitative estimate of drug-likeness (QED) is 0.810. The van der Waals surface area contributed by atoms with Crippen molar-refractivity contribution in [2.75, 3.05) is 13.7 Å². The molecule has 0 saturated carbocycles. The molecule has 2 aromatic rings. The number of hydrogen-bond donors (Lipinski definition) is 1. The Balaban J connectivity index is 2.00. The summed E-state index contributed by atoms with van der Waals surface area (Å²) in [5.41, 5.74) is 3.13. The van der Waals surface area contributed by atoms with Gasteiger partial charge in [-0.15, -0.1) is 0 Å². The molecular weight excluding hydrogens is 268 g/mol. The van der Waals surface area contributed by atoms with Gasteiger partial charge in [0.1, 0.15) is 24.7 Å². The average Bonchev–Trinajstić information content (AvgIpc) is 2.92. The Hall–Kier alpha value is -1.85. The fourth-order valence-corrected chi connectivity index (χ4v) is 2.03. The van der Waals surface area contributed by atoms with E-state index in [2.05, 4.69) is 30.4 Å². The maximum atomic E-state index is 5.86. The van der Waals surface area contributed by atoms with Crippen molar-refractivity contribution in [2.45, 2.75) is 33.6 Å². The van der Waals surface area contributed by atoms with Gasteiger partial charge >= 0.3 is 0 Å². The maximum absolute atomic E-state index is 5.86. The summed E-state index contributed by atoms with van der Waals surface area (Å²) >= 11 is 0. The Bertz CT molecular complexity index is 566. The van der Waals surface area contributed by atoms with E-state index in [1.165, 1.54) is 5.56 Å². The van der Waals surface area contributed by atoms with Gasteiger partial charge in [0.25, 0.3) is 0 Å². The summed E-state index contributed by atoms with van der Waals surface area (Å²) in [6, 6.07) is 8.03. The van der Waals surface area contributed by atoms with Crippen LogP contribution in [0.5, 0.6) is 5.75 Å². The molecule has 5 nitrogen and oxygen atoms in total. The predicted octanol–water partition coefficient (Wildman–Crippen LogP) is 2.82. The van der Waals surface area contributed by atoms with Crippen LogP contribution in [0.15, 0.2) is 28.8 Å². The first-order valence-electron chi connectivity index (χ1n) is 7.09. The van der Waals surface area contributed by atoms with E-state index in [9.17, 15) is 0 Å². The molecule has 0 aliphatic rings. The van der Waals surface area contributed by atoms with Crippen molar-refractivity contribution in [1.29, 1.82) is 0 Å². The highest BCUT2D eigenvalue weighted by Crippen LogP contribution is 2.21. The number of aromatic nitrogens is 1. The molecule has 114 valence electrons. The van der Waals surface area contributed by atoms with Crippen molar-refractivity contribution in [3.8, 4) is 5.75 Å². The van der Waals surface area contributed by atoms with Crippen LogP contribution in [-0.2, 0) is 24.5 Å². The fourth-order valence-electron chi connectivity index (χ4n) is 2.03. The van der Waals surface area contributed by atoms with Crippen molar-refractivity contribution >= 4 is 0 Å². The van der Waals surface area contributed by atoms with Gasteiger partial charge in [-0.05, 0) is 19.5 Å². The number of nitrogens with zero attached hydrogens (tertiary/aromatic N) is 1. The summed E-state index contributed by atoms with van der Waals surface area (Å²) in [6.07, 6.45) is 0. The Kier molecular flexibility index (Phi) is 5.78. The molecule has 0 aliphatic heterocycles. The van der Waals surface area contributed by atoms with Gasteiger partial charge < -0.3 is 19.3 Å². The van der Waals surface area contributed by atoms with Gasteiger partial charge in [-0.1, -0.05) is 29.8 Å². The second-order valence-corrected chi connectivity index (χ2v) is 4.90. The highest BCUT2D eigenvalue weighted by atomic mass is 16.5. The van der Waals surface area contributed by atoms with Crippen molar-refractivity contribution in [3.63, 3.8) is 0 Å². The highest BCUT2D eigenvalue weighted by molar-refractivity contribution is 5.37. The van der Waals surface area contributed by atoms with E-state index in [4.69, 9.17) is 14.0 Å². The van der Waals surface area contributed by atoms with Gasteiger partial charge in [-0.2, -0.15) is 0 Å². The Morgan fingerprint density at radius 3 is 2.86 bits per heavy atom. The average molecular weight is 290 g/mol. The molecule has 1 aromatic carbocycles. The van der Waals surface area contributed by atoms with Crippen LogP contribution in [0.2, 0.25) is 0 Å². The van der Waals surface area contributed by atoms with E-state index in [1.54, 1.807) is 7.11 Å². The van der Waals surface area contributed by atoms with Crippen molar-refractivity contribution in [3.05, 3.63) is 46.8 Å².